The Morgan fingerprint density at radius 2 is 1.79 bits per heavy atom. The second-order valence-corrected chi connectivity index (χ2v) is 8.80. The van der Waals surface area contributed by atoms with Crippen LogP contribution in [0.5, 0.6) is 11.5 Å². The van der Waals surface area contributed by atoms with Crippen molar-refractivity contribution in [3.8, 4) is 11.5 Å². The van der Waals surface area contributed by atoms with E-state index in [0.717, 1.165) is 22.6 Å². The average Bonchev–Trinajstić information content (AvgIpc) is 2.78. The number of esters is 1. The maximum atomic E-state index is 13.6. The van der Waals surface area contributed by atoms with E-state index in [0.29, 0.717) is 29.7 Å². The number of phenolic OH excluding ortho intramolecular Hbond substituents is 1. The van der Waals surface area contributed by atoms with Gasteiger partial charge in [0.05, 0.1) is 18.8 Å². The van der Waals surface area contributed by atoms with Gasteiger partial charge in [-0.05, 0) is 56.5 Å². The number of carbonyl (C=O) groups excluding carboxylic acids is 2. The fraction of sp³-hybridized carbons (Fsp3) is 0.333. The minimum atomic E-state index is -0.556. The molecule has 0 spiro atoms. The van der Waals surface area contributed by atoms with Crippen molar-refractivity contribution in [2.24, 2.45) is 0 Å². The first-order valence-corrected chi connectivity index (χ1v) is 11.2. The van der Waals surface area contributed by atoms with E-state index in [1.807, 2.05) is 31.2 Å². The van der Waals surface area contributed by atoms with Crippen molar-refractivity contribution in [3.05, 3.63) is 82.2 Å². The van der Waals surface area contributed by atoms with Gasteiger partial charge in [0, 0.05) is 35.2 Å². The summed E-state index contributed by atoms with van der Waals surface area (Å²) in [6, 6.07) is 14.4. The van der Waals surface area contributed by atoms with E-state index in [-0.39, 0.29) is 23.6 Å². The number of ketones is 1. The first-order valence-electron chi connectivity index (χ1n) is 11.2. The van der Waals surface area contributed by atoms with Gasteiger partial charge in [-0.1, -0.05) is 30.3 Å². The Hall–Kier alpha value is -3.54. The lowest BCUT2D eigenvalue weighted by atomic mass is 9.71. The SMILES string of the molecule is COc1ccccc1[C@@H]1CC(=O)C2=C(C1)NC(C)=C(C(=O)OC(C)C)[C@@H]2c1ccc(O)cc1. The van der Waals surface area contributed by atoms with Crippen LogP contribution in [0.3, 0.4) is 0 Å². The van der Waals surface area contributed by atoms with Gasteiger partial charge in [-0.3, -0.25) is 4.79 Å². The lowest BCUT2D eigenvalue weighted by Crippen LogP contribution is -2.36. The number of phenols is 1. The van der Waals surface area contributed by atoms with Crippen molar-refractivity contribution < 1.29 is 24.2 Å². The minimum Gasteiger partial charge on any atom is -0.508 e. The molecule has 2 atom stereocenters. The Kier molecular flexibility index (Phi) is 6.27. The summed E-state index contributed by atoms with van der Waals surface area (Å²) in [7, 11) is 1.63. The zero-order valence-electron chi connectivity index (χ0n) is 19.3. The maximum Gasteiger partial charge on any atom is 0.337 e. The molecule has 2 aromatic rings. The van der Waals surface area contributed by atoms with Gasteiger partial charge in [-0.2, -0.15) is 0 Å². The van der Waals surface area contributed by atoms with Crippen LogP contribution < -0.4 is 10.1 Å². The van der Waals surface area contributed by atoms with Crippen LogP contribution in [0.1, 0.15) is 56.6 Å². The molecule has 1 aliphatic heterocycles. The highest BCUT2D eigenvalue weighted by atomic mass is 16.5. The summed E-state index contributed by atoms with van der Waals surface area (Å²) in [5.41, 5.74) is 4.27. The average molecular weight is 448 g/mol. The van der Waals surface area contributed by atoms with Crippen LogP contribution in [0, 0.1) is 0 Å². The largest absolute Gasteiger partial charge is 0.508 e. The number of hydrogen-bond donors (Lipinski definition) is 2. The topological polar surface area (TPSA) is 84.9 Å². The predicted molar refractivity (Wildman–Crippen MR) is 125 cm³/mol. The number of dihydropyridines is 1. The molecule has 33 heavy (non-hydrogen) atoms. The molecule has 2 aromatic carbocycles. The van der Waals surface area contributed by atoms with E-state index < -0.39 is 11.9 Å². The van der Waals surface area contributed by atoms with Crippen molar-refractivity contribution in [1.29, 1.82) is 0 Å². The molecule has 0 unspecified atom stereocenters. The van der Waals surface area contributed by atoms with E-state index in [2.05, 4.69) is 5.32 Å². The van der Waals surface area contributed by atoms with Crippen LogP contribution in [-0.4, -0.2) is 30.1 Å². The number of nitrogens with one attached hydrogen (secondary N) is 1. The summed E-state index contributed by atoms with van der Waals surface area (Å²) < 4.78 is 11.1. The van der Waals surface area contributed by atoms with Crippen molar-refractivity contribution in [3.63, 3.8) is 0 Å². The van der Waals surface area contributed by atoms with Gasteiger partial charge in [0.2, 0.25) is 0 Å². The van der Waals surface area contributed by atoms with E-state index in [1.165, 1.54) is 0 Å². The van der Waals surface area contributed by atoms with Gasteiger partial charge in [0.25, 0.3) is 0 Å². The number of methoxy groups -OCH3 is 1. The Labute approximate surface area is 193 Å². The number of allylic oxidation sites excluding steroid dienone is 3. The standard InChI is InChI=1S/C27H29NO5/c1-15(2)33-27(31)24-16(3)28-21-13-18(20-7-5-6-8-23(20)32-4)14-22(30)26(21)25(24)17-9-11-19(29)12-10-17/h5-12,15,18,25,28-29H,13-14H2,1-4H3/t18-,25-/m0/s1. The van der Waals surface area contributed by atoms with E-state index in [1.54, 1.807) is 45.2 Å². The summed E-state index contributed by atoms with van der Waals surface area (Å²) in [6.45, 7) is 5.44. The van der Waals surface area contributed by atoms with Crippen molar-refractivity contribution in [2.45, 2.75) is 51.6 Å². The number of ether oxygens (including phenoxy) is 2. The highest BCUT2D eigenvalue weighted by Crippen LogP contribution is 2.47. The molecule has 0 aromatic heterocycles. The summed E-state index contributed by atoms with van der Waals surface area (Å²) in [5, 5.41) is 13.1. The molecule has 6 nitrogen and oxygen atoms in total. The van der Waals surface area contributed by atoms with Gasteiger partial charge >= 0.3 is 5.97 Å². The number of carbonyl (C=O) groups is 2. The molecule has 2 aliphatic rings. The first kappa shape index (κ1) is 22.6. The molecule has 6 heteroatoms. The Morgan fingerprint density at radius 3 is 2.45 bits per heavy atom. The lowest BCUT2D eigenvalue weighted by molar-refractivity contribution is -0.143. The van der Waals surface area contributed by atoms with Crippen molar-refractivity contribution in [1.82, 2.24) is 5.32 Å². The first-order chi connectivity index (χ1) is 15.8. The smallest absolute Gasteiger partial charge is 0.337 e. The highest BCUT2D eigenvalue weighted by Gasteiger charge is 2.42. The summed E-state index contributed by atoms with van der Waals surface area (Å²) >= 11 is 0. The molecule has 4 rings (SSSR count). The zero-order chi connectivity index (χ0) is 23.7. The van der Waals surface area contributed by atoms with Crippen LogP contribution in [0.15, 0.2) is 71.1 Å². The molecule has 2 N–H and O–H groups in total. The molecule has 0 amide bonds. The third-order valence-corrected chi connectivity index (χ3v) is 6.20. The number of benzene rings is 2. The lowest BCUT2D eigenvalue weighted by Gasteiger charge is -2.37. The molecule has 0 saturated carbocycles. The Morgan fingerprint density at radius 1 is 1.09 bits per heavy atom. The van der Waals surface area contributed by atoms with E-state index in [4.69, 9.17) is 9.47 Å². The molecule has 172 valence electrons. The van der Waals surface area contributed by atoms with Crippen LogP contribution in [0.25, 0.3) is 0 Å². The second kappa shape index (κ2) is 9.14. The Balaban J connectivity index is 1.80. The number of Topliss-reactive ketones (excluding diaryl/α,β-unsaturated/α-hetero) is 1. The number of para-hydroxylation sites is 1. The van der Waals surface area contributed by atoms with Crippen LogP contribution in [0.2, 0.25) is 0 Å². The van der Waals surface area contributed by atoms with Crippen molar-refractivity contribution >= 4 is 11.8 Å². The van der Waals surface area contributed by atoms with Gasteiger partial charge in [0.1, 0.15) is 11.5 Å². The normalized spacial score (nSPS) is 20.5. The van der Waals surface area contributed by atoms with E-state index in [9.17, 15) is 14.7 Å². The van der Waals surface area contributed by atoms with E-state index >= 15 is 0 Å². The number of rotatable bonds is 5. The predicted octanol–water partition coefficient (Wildman–Crippen LogP) is 4.71. The fourth-order valence-corrected chi connectivity index (χ4v) is 4.81. The summed E-state index contributed by atoms with van der Waals surface area (Å²) in [6.07, 6.45) is 0.659. The number of aromatic hydroxyl groups is 1. The molecule has 0 radical (unpaired) electrons. The number of hydrogen-bond acceptors (Lipinski definition) is 6. The van der Waals surface area contributed by atoms with Crippen molar-refractivity contribution in [2.75, 3.05) is 7.11 Å². The van der Waals surface area contributed by atoms with Gasteiger partial charge < -0.3 is 19.9 Å². The summed E-state index contributed by atoms with van der Waals surface area (Å²) in [5.74, 6) is -0.158. The third kappa shape index (κ3) is 4.38. The quantitative estimate of drug-likeness (QED) is 0.646. The van der Waals surface area contributed by atoms with Crippen LogP contribution in [-0.2, 0) is 14.3 Å². The fourth-order valence-electron chi connectivity index (χ4n) is 4.81. The molecular formula is C27H29NO5. The van der Waals surface area contributed by atoms with Crippen LogP contribution >= 0.6 is 0 Å². The molecule has 0 saturated heterocycles. The zero-order valence-corrected chi connectivity index (χ0v) is 19.3. The van der Waals surface area contributed by atoms with Gasteiger partial charge in [-0.15, -0.1) is 0 Å². The monoisotopic (exact) mass is 447 g/mol. The molecule has 1 heterocycles. The Bertz CT molecular complexity index is 1140. The summed E-state index contributed by atoms with van der Waals surface area (Å²) in [4.78, 5) is 26.7. The third-order valence-electron chi connectivity index (χ3n) is 6.20. The minimum absolute atomic E-state index is 0.0138. The molecule has 0 bridgehead atoms. The second-order valence-electron chi connectivity index (χ2n) is 8.80. The molecule has 0 fully saturated rings. The molecule has 1 aliphatic carbocycles. The maximum absolute atomic E-state index is 13.6. The van der Waals surface area contributed by atoms with Crippen LogP contribution in [0.4, 0.5) is 0 Å². The molecular weight excluding hydrogens is 418 g/mol. The van der Waals surface area contributed by atoms with Gasteiger partial charge in [-0.25, -0.2) is 4.79 Å². The highest BCUT2D eigenvalue weighted by molar-refractivity contribution is 6.04. The van der Waals surface area contributed by atoms with Gasteiger partial charge in [0.15, 0.2) is 5.78 Å².